The van der Waals surface area contributed by atoms with Crippen molar-refractivity contribution in [3.8, 4) is 22.9 Å². The molecule has 7 nitrogen and oxygen atoms in total. The van der Waals surface area contributed by atoms with Gasteiger partial charge in [0.25, 0.3) is 0 Å². The first kappa shape index (κ1) is 19.9. The van der Waals surface area contributed by atoms with Crippen LogP contribution in [0, 0.1) is 0 Å². The smallest absolute Gasteiger partial charge is 0.249 e. The van der Waals surface area contributed by atoms with E-state index in [4.69, 9.17) is 9.47 Å². The van der Waals surface area contributed by atoms with Gasteiger partial charge >= 0.3 is 0 Å². The Bertz CT molecular complexity index is 929. The van der Waals surface area contributed by atoms with Gasteiger partial charge in [-0.25, -0.2) is 0 Å². The Balaban J connectivity index is 1.46. The molecule has 1 aromatic heterocycles. The third-order valence-corrected chi connectivity index (χ3v) is 4.51. The molecule has 1 amide bonds. The van der Waals surface area contributed by atoms with E-state index in [1.54, 1.807) is 0 Å². The van der Waals surface area contributed by atoms with Crippen LogP contribution in [0.4, 0.5) is 5.95 Å². The topological polar surface area (TPSA) is 89.1 Å². The molecule has 146 valence electrons. The van der Waals surface area contributed by atoms with E-state index >= 15 is 0 Å². The van der Waals surface area contributed by atoms with Gasteiger partial charge in [-0.2, -0.15) is 4.98 Å². The molecule has 8 heteroatoms. The van der Waals surface area contributed by atoms with Gasteiger partial charge in [0.05, 0.1) is 13.2 Å². The van der Waals surface area contributed by atoms with Crippen molar-refractivity contribution in [3.63, 3.8) is 0 Å². The molecule has 0 aliphatic heterocycles. The van der Waals surface area contributed by atoms with Crippen molar-refractivity contribution >= 4 is 27.8 Å². The summed E-state index contributed by atoms with van der Waals surface area (Å²) in [7, 11) is 0. The lowest BCUT2D eigenvalue weighted by atomic mass is 10.2. The number of ether oxygens (including phenoxy) is 2. The Labute approximate surface area is 171 Å². The summed E-state index contributed by atoms with van der Waals surface area (Å²) in [6, 6.07) is 15.1. The highest BCUT2D eigenvalue weighted by atomic mass is 79.9. The Morgan fingerprint density at radius 1 is 1.11 bits per heavy atom. The molecule has 0 aliphatic carbocycles. The number of halogens is 1. The maximum absolute atomic E-state index is 12.1. The maximum atomic E-state index is 12.1. The van der Waals surface area contributed by atoms with Crippen LogP contribution in [0.25, 0.3) is 11.4 Å². The average Bonchev–Trinajstić information content (AvgIpc) is 3.15. The number of nitrogens with zero attached hydrogens (tertiary/aromatic N) is 2. The second-order valence-corrected chi connectivity index (χ2v) is 6.72. The second kappa shape index (κ2) is 9.89. The number of amides is 1. The Morgan fingerprint density at radius 2 is 1.82 bits per heavy atom. The summed E-state index contributed by atoms with van der Waals surface area (Å²) >= 11 is 3.47. The molecule has 0 aliphatic rings. The minimum atomic E-state index is -0.167. The summed E-state index contributed by atoms with van der Waals surface area (Å²) in [6.07, 6.45) is 0.865. The molecule has 0 spiro atoms. The highest BCUT2D eigenvalue weighted by Gasteiger charge is 2.11. The van der Waals surface area contributed by atoms with E-state index in [0.717, 1.165) is 10.0 Å². The number of H-pyrrole nitrogens is 1. The zero-order valence-electron chi connectivity index (χ0n) is 15.4. The summed E-state index contributed by atoms with van der Waals surface area (Å²) in [5.41, 5.74) is 0.872. The summed E-state index contributed by atoms with van der Waals surface area (Å²) in [4.78, 5) is 16.4. The minimum absolute atomic E-state index is 0.167. The number of nitrogens with one attached hydrogen (secondary N) is 2. The second-order valence-electron chi connectivity index (χ2n) is 5.87. The molecular formula is C20H21BrN4O3. The third kappa shape index (κ3) is 5.32. The van der Waals surface area contributed by atoms with Crippen LogP contribution in [0.2, 0.25) is 0 Å². The van der Waals surface area contributed by atoms with E-state index < -0.39 is 0 Å². The largest absolute Gasteiger partial charge is 0.490 e. The standard InChI is InChI=1S/C20H21BrN4O3/c1-2-27-16-10-5-6-11-17(16)28-13-7-12-18(26)22-20-23-19(24-25-20)14-8-3-4-9-15(14)21/h3-6,8-11H,2,7,12-13H2,1H3,(H2,22,23,24,25,26). The Morgan fingerprint density at radius 3 is 2.57 bits per heavy atom. The fourth-order valence-corrected chi connectivity index (χ4v) is 3.01. The van der Waals surface area contributed by atoms with Crippen LogP contribution in [-0.2, 0) is 4.79 Å². The highest BCUT2D eigenvalue weighted by Crippen LogP contribution is 2.27. The summed E-state index contributed by atoms with van der Waals surface area (Å²) < 4.78 is 12.1. The third-order valence-electron chi connectivity index (χ3n) is 3.82. The molecule has 0 unspecified atom stereocenters. The normalized spacial score (nSPS) is 10.5. The van der Waals surface area contributed by atoms with Gasteiger partial charge in [0.15, 0.2) is 17.3 Å². The number of benzene rings is 2. The monoisotopic (exact) mass is 444 g/mol. The predicted octanol–water partition coefficient (Wildman–Crippen LogP) is 4.43. The van der Waals surface area contributed by atoms with Crippen LogP contribution in [0.3, 0.4) is 0 Å². The van der Waals surface area contributed by atoms with E-state index in [1.807, 2.05) is 55.5 Å². The first-order valence-corrected chi connectivity index (χ1v) is 9.78. The van der Waals surface area contributed by atoms with Gasteiger partial charge in [-0.15, -0.1) is 5.10 Å². The predicted molar refractivity (Wildman–Crippen MR) is 110 cm³/mol. The average molecular weight is 445 g/mol. The number of hydrogen-bond acceptors (Lipinski definition) is 5. The fraction of sp³-hybridized carbons (Fsp3) is 0.250. The zero-order valence-corrected chi connectivity index (χ0v) is 17.0. The molecule has 0 radical (unpaired) electrons. The van der Waals surface area contributed by atoms with Gasteiger partial charge in [-0.1, -0.05) is 46.3 Å². The van der Waals surface area contributed by atoms with E-state index in [9.17, 15) is 4.79 Å². The molecule has 0 atom stereocenters. The Hall–Kier alpha value is -2.87. The molecule has 0 saturated heterocycles. The number of anilines is 1. The number of carbonyl (C=O) groups is 1. The molecule has 0 fully saturated rings. The summed E-state index contributed by atoms with van der Waals surface area (Å²) in [5, 5.41) is 9.57. The van der Waals surface area contributed by atoms with Crippen LogP contribution in [0.15, 0.2) is 53.0 Å². The maximum Gasteiger partial charge on any atom is 0.249 e. The van der Waals surface area contributed by atoms with E-state index in [-0.39, 0.29) is 11.9 Å². The number of aromatic nitrogens is 3. The van der Waals surface area contributed by atoms with Gasteiger partial charge in [0.2, 0.25) is 11.9 Å². The lowest BCUT2D eigenvalue weighted by Gasteiger charge is -2.11. The summed E-state index contributed by atoms with van der Waals surface area (Å²) in [5.74, 6) is 2.04. The number of para-hydroxylation sites is 2. The van der Waals surface area contributed by atoms with Gasteiger partial charge < -0.3 is 9.47 Å². The van der Waals surface area contributed by atoms with Gasteiger partial charge in [-0.05, 0) is 31.5 Å². The molecular weight excluding hydrogens is 424 g/mol. The van der Waals surface area contributed by atoms with E-state index in [2.05, 4.69) is 36.4 Å². The van der Waals surface area contributed by atoms with Crippen LogP contribution in [0.5, 0.6) is 11.5 Å². The first-order valence-electron chi connectivity index (χ1n) is 8.99. The summed E-state index contributed by atoms with van der Waals surface area (Å²) in [6.45, 7) is 2.90. The first-order chi connectivity index (χ1) is 13.7. The highest BCUT2D eigenvalue weighted by molar-refractivity contribution is 9.10. The quantitative estimate of drug-likeness (QED) is 0.476. The molecule has 0 bridgehead atoms. The van der Waals surface area contributed by atoms with Crippen molar-refractivity contribution in [2.45, 2.75) is 19.8 Å². The van der Waals surface area contributed by atoms with Crippen LogP contribution < -0.4 is 14.8 Å². The fourth-order valence-electron chi connectivity index (χ4n) is 2.54. The lowest BCUT2D eigenvalue weighted by Crippen LogP contribution is -2.14. The lowest BCUT2D eigenvalue weighted by molar-refractivity contribution is -0.116. The minimum Gasteiger partial charge on any atom is -0.490 e. The van der Waals surface area contributed by atoms with Gasteiger partial charge in [0.1, 0.15) is 0 Å². The van der Waals surface area contributed by atoms with E-state index in [0.29, 0.717) is 43.4 Å². The zero-order chi connectivity index (χ0) is 19.8. The Kier molecular flexibility index (Phi) is 7.02. The van der Waals surface area contributed by atoms with Crippen molar-refractivity contribution in [1.82, 2.24) is 15.2 Å². The number of rotatable bonds is 9. The number of carbonyl (C=O) groups excluding carboxylic acids is 1. The van der Waals surface area contributed by atoms with E-state index in [1.165, 1.54) is 0 Å². The molecule has 2 aromatic carbocycles. The molecule has 1 heterocycles. The van der Waals surface area contributed by atoms with Crippen LogP contribution in [0.1, 0.15) is 19.8 Å². The van der Waals surface area contributed by atoms with Crippen molar-refractivity contribution in [1.29, 1.82) is 0 Å². The van der Waals surface area contributed by atoms with Crippen molar-refractivity contribution < 1.29 is 14.3 Å². The SMILES string of the molecule is CCOc1ccccc1OCCCC(=O)Nc1n[nH]c(-c2ccccc2Br)n1. The van der Waals surface area contributed by atoms with Gasteiger partial charge in [0, 0.05) is 16.5 Å². The molecule has 28 heavy (non-hydrogen) atoms. The van der Waals surface area contributed by atoms with Crippen LogP contribution in [-0.4, -0.2) is 34.3 Å². The molecule has 2 N–H and O–H groups in total. The van der Waals surface area contributed by atoms with Crippen LogP contribution >= 0.6 is 15.9 Å². The number of aromatic amines is 1. The number of hydrogen-bond donors (Lipinski definition) is 2. The van der Waals surface area contributed by atoms with Crippen molar-refractivity contribution in [2.75, 3.05) is 18.5 Å². The van der Waals surface area contributed by atoms with Crippen molar-refractivity contribution in [2.24, 2.45) is 0 Å². The molecule has 0 saturated carbocycles. The van der Waals surface area contributed by atoms with Gasteiger partial charge in [-0.3, -0.25) is 15.2 Å². The molecule has 3 rings (SSSR count). The van der Waals surface area contributed by atoms with Crippen molar-refractivity contribution in [3.05, 3.63) is 53.0 Å². The molecule has 3 aromatic rings.